The molecule has 2 aromatic rings. The van der Waals surface area contributed by atoms with Gasteiger partial charge in [-0.05, 0) is 61.3 Å². The smallest absolute Gasteiger partial charge is 0.358 e. The molecule has 0 unspecified atom stereocenters. The Hall–Kier alpha value is -4.00. The van der Waals surface area contributed by atoms with Crippen LogP contribution in [0.3, 0.4) is 0 Å². The first-order chi connectivity index (χ1) is 23.0. The number of carbonyl (C=O) groups excluding carboxylic acids is 1. The van der Waals surface area contributed by atoms with Gasteiger partial charge >= 0.3 is 5.97 Å². The van der Waals surface area contributed by atoms with Gasteiger partial charge in [-0.25, -0.2) is 9.48 Å². The summed E-state index contributed by atoms with van der Waals surface area (Å²) in [5.74, 6) is -0.952. The van der Waals surface area contributed by atoms with Crippen LogP contribution in [0.4, 0.5) is 0 Å². The van der Waals surface area contributed by atoms with Crippen molar-refractivity contribution in [1.82, 2.24) is 15.0 Å². The lowest BCUT2D eigenvalue weighted by molar-refractivity contribution is -0.252. The quantitative estimate of drug-likeness (QED) is 0.106. The zero-order chi connectivity index (χ0) is 33.4. The summed E-state index contributed by atoms with van der Waals surface area (Å²) in [7, 11) is 2.83. The molecule has 5 rings (SSSR count). The second-order valence-corrected chi connectivity index (χ2v) is 12.1. The Labute approximate surface area is 275 Å². The van der Waals surface area contributed by atoms with E-state index in [9.17, 15) is 15.0 Å². The molecular weight excluding hydrogens is 604 g/mol. The van der Waals surface area contributed by atoms with Gasteiger partial charge in [0.15, 0.2) is 5.69 Å². The van der Waals surface area contributed by atoms with E-state index in [1.165, 1.54) is 25.1 Å². The van der Waals surface area contributed by atoms with E-state index in [0.29, 0.717) is 36.7 Å². The number of hydrogen-bond acceptors (Lipinski definition) is 11. The van der Waals surface area contributed by atoms with Gasteiger partial charge in [0.25, 0.3) is 0 Å². The Morgan fingerprint density at radius 3 is 2.60 bits per heavy atom. The van der Waals surface area contributed by atoms with Crippen LogP contribution in [0.15, 0.2) is 66.5 Å². The number of unbranched alkanes of at least 4 members (excludes halogenated alkanes) is 2. The average molecular weight is 651 g/mol. The van der Waals surface area contributed by atoms with Crippen LogP contribution in [0, 0.1) is 17.8 Å². The molecule has 1 saturated carbocycles. The number of aliphatic hydroxyl groups excluding tert-OH is 2. The van der Waals surface area contributed by atoms with Gasteiger partial charge in [0.05, 0.1) is 31.5 Å². The summed E-state index contributed by atoms with van der Waals surface area (Å²) in [5, 5.41) is 32.4. The van der Waals surface area contributed by atoms with Crippen molar-refractivity contribution in [2.45, 2.75) is 62.7 Å². The van der Waals surface area contributed by atoms with Gasteiger partial charge in [-0.1, -0.05) is 48.0 Å². The fourth-order valence-electron chi connectivity index (χ4n) is 7.66. The number of aromatic nitrogens is 3. The first-order valence-electron chi connectivity index (χ1n) is 16.3. The lowest BCUT2D eigenvalue weighted by atomic mass is 9.55. The van der Waals surface area contributed by atoms with Crippen LogP contribution in [0.25, 0.3) is 0 Å². The van der Waals surface area contributed by atoms with Crippen molar-refractivity contribution in [3.8, 4) is 11.5 Å². The zero-order valence-electron chi connectivity index (χ0n) is 27.3. The number of aliphatic hydroxyl groups is 2. The molecule has 0 spiro atoms. The maximum absolute atomic E-state index is 13.0. The second kappa shape index (κ2) is 15.7. The number of oxime groups is 1. The van der Waals surface area contributed by atoms with E-state index in [1.807, 2.05) is 18.2 Å². The third-order valence-electron chi connectivity index (χ3n) is 9.48. The number of nitrogens with zero attached hydrogens (tertiary/aromatic N) is 4. The van der Waals surface area contributed by atoms with Crippen molar-refractivity contribution in [3.63, 3.8) is 0 Å². The van der Waals surface area contributed by atoms with E-state index in [2.05, 4.69) is 34.7 Å². The van der Waals surface area contributed by atoms with E-state index in [4.69, 9.17) is 23.8 Å². The highest BCUT2D eigenvalue weighted by atomic mass is 16.7. The zero-order valence-corrected chi connectivity index (χ0v) is 27.3. The monoisotopic (exact) mass is 650 g/mol. The number of benzene rings is 1. The second-order valence-electron chi connectivity index (χ2n) is 12.1. The average Bonchev–Trinajstić information content (AvgIpc) is 3.58. The molecule has 6 atom stereocenters. The number of rotatable bonds is 17. The van der Waals surface area contributed by atoms with Crippen LogP contribution in [0.1, 0.15) is 73.0 Å². The Bertz CT molecular complexity index is 1470. The topological polar surface area (TPSA) is 147 Å². The molecule has 2 aliphatic carbocycles. The molecule has 0 saturated heterocycles. The molecule has 0 radical (unpaired) electrons. The molecule has 1 aromatic heterocycles. The number of allylic oxidation sites excluding steroid dienone is 1. The molecule has 47 heavy (non-hydrogen) atoms. The van der Waals surface area contributed by atoms with Crippen molar-refractivity contribution < 1.29 is 38.8 Å². The van der Waals surface area contributed by atoms with Crippen molar-refractivity contribution in [3.05, 3.63) is 72.6 Å². The standard InChI is InChI=1S/C35H46N4O8/c1-5-17-45-24-13-14-30-27(20-24)32-25(12-8-10-16-41)23(11-7-9-15-40)19-26-28(37-44-4)21-31(35(47-30,33(26)32)46-18-6-2)39-29(22-36-38-39)34(42)43-3/h5-6,13-14,19-20,22-23,25,31-33,40-41H,1-2,7-12,15-18,21H2,3-4H3/t23-,25+,31-,32+,33+,35+/m0/s1. The van der Waals surface area contributed by atoms with Crippen molar-refractivity contribution in [2.75, 3.05) is 40.6 Å². The maximum atomic E-state index is 13.0. The summed E-state index contributed by atoms with van der Waals surface area (Å²) in [5.41, 5.74) is 2.78. The number of fused-ring (bicyclic) bond motifs is 2. The highest BCUT2D eigenvalue weighted by molar-refractivity contribution is 6.02. The van der Waals surface area contributed by atoms with Crippen molar-refractivity contribution in [2.24, 2.45) is 22.9 Å². The molecule has 0 amide bonds. The molecule has 2 heterocycles. The number of methoxy groups -OCH3 is 1. The van der Waals surface area contributed by atoms with Crippen molar-refractivity contribution in [1.29, 1.82) is 0 Å². The molecule has 1 fully saturated rings. The Kier molecular flexibility index (Phi) is 11.5. The third-order valence-corrected chi connectivity index (χ3v) is 9.48. The molecular formula is C35H46N4O8. The summed E-state index contributed by atoms with van der Waals surface area (Å²) in [4.78, 5) is 18.4. The molecule has 254 valence electrons. The minimum Gasteiger partial charge on any atom is -0.490 e. The van der Waals surface area contributed by atoms with Gasteiger partial charge < -0.3 is 34.0 Å². The lowest BCUT2D eigenvalue weighted by Gasteiger charge is -2.58. The predicted molar refractivity (Wildman–Crippen MR) is 174 cm³/mol. The highest BCUT2D eigenvalue weighted by Crippen LogP contribution is 2.63. The minimum absolute atomic E-state index is 0.108. The fourth-order valence-corrected chi connectivity index (χ4v) is 7.66. The van der Waals surface area contributed by atoms with Crippen LogP contribution in [-0.4, -0.2) is 83.3 Å². The molecule has 12 heteroatoms. The summed E-state index contributed by atoms with van der Waals surface area (Å²) in [6.45, 7) is 8.48. The summed E-state index contributed by atoms with van der Waals surface area (Å²) >= 11 is 0. The van der Waals surface area contributed by atoms with Gasteiger partial charge in [0.2, 0.25) is 5.79 Å². The maximum Gasteiger partial charge on any atom is 0.358 e. The van der Waals surface area contributed by atoms with Crippen LogP contribution < -0.4 is 9.47 Å². The van der Waals surface area contributed by atoms with Gasteiger partial charge in [-0.3, -0.25) is 0 Å². The summed E-state index contributed by atoms with van der Waals surface area (Å²) < 4.78 is 26.5. The molecule has 3 aliphatic rings. The van der Waals surface area contributed by atoms with E-state index >= 15 is 0 Å². The first kappa shape index (κ1) is 34.3. The first-order valence-corrected chi connectivity index (χ1v) is 16.3. The third kappa shape index (κ3) is 6.72. The molecule has 2 N–H and O–H groups in total. The van der Waals surface area contributed by atoms with Crippen LogP contribution in [-0.2, 0) is 14.3 Å². The van der Waals surface area contributed by atoms with E-state index in [1.54, 1.807) is 12.2 Å². The van der Waals surface area contributed by atoms with E-state index in [-0.39, 0.29) is 49.7 Å². The van der Waals surface area contributed by atoms with Gasteiger partial charge in [-0.15, -0.1) is 11.7 Å². The normalized spacial score (nSPS) is 26.8. The Morgan fingerprint density at radius 1 is 1.13 bits per heavy atom. The Balaban J connectivity index is 1.79. The highest BCUT2D eigenvalue weighted by Gasteiger charge is 2.65. The SMILES string of the molecule is C=CCOc1ccc2c(c1)[C@H]1[C@H](CCCCO)[C@@H](CCCCO)C=C3C(=NOC)C[C@H](n4nncc4C(=O)OC)[C@@](OCC=C)(O2)[C@H]31. The number of hydrogen-bond donors (Lipinski definition) is 2. The van der Waals surface area contributed by atoms with Crippen LogP contribution in [0.5, 0.6) is 11.5 Å². The van der Waals surface area contributed by atoms with E-state index < -0.39 is 23.7 Å². The van der Waals surface area contributed by atoms with Crippen molar-refractivity contribution >= 4 is 11.7 Å². The van der Waals surface area contributed by atoms with E-state index in [0.717, 1.165) is 36.8 Å². The molecule has 0 bridgehead atoms. The largest absolute Gasteiger partial charge is 0.490 e. The lowest BCUT2D eigenvalue weighted by Crippen LogP contribution is -2.63. The number of carbonyl (C=O) groups is 1. The van der Waals surface area contributed by atoms with Crippen LogP contribution >= 0.6 is 0 Å². The summed E-state index contributed by atoms with van der Waals surface area (Å²) in [6.07, 6.45) is 12.1. The minimum atomic E-state index is -1.37. The fraction of sp³-hybridized carbons (Fsp3) is 0.543. The van der Waals surface area contributed by atoms with Gasteiger partial charge in [-0.2, -0.15) is 0 Å². The predicted octanol–water partition coefficient (Wildman–Crippen LogP) is 4.77. The molecule has 12 nitrogen and oxygen atoms in total. The van der Waals surface area contributed by atoms with Gasteiger partial charge in [0.1, 0.15) is 31.3 Å². The molecule has 1 aliphatic heterocycles. The van der Waals surface area contributed by atoms with Gasteiger partial charge in [0, 0.05) is 31.1 Å². The molecule has 1 aromatic carbocycles. The number of ether oxygens (including phenoxy) is 4. The Morgan fingerprint density at radius 2 is 1.89 bits per heavy atom. The van der Waals surface area contributed by atoms with Crippen LogP contribution in [0.2, 0.25) is 0 Å². The summed E-state index contributed by atoms with van der Waals surface area (Å²) in [6, 6.07) is 5.12. The number of esters is 1.